The summed E-state index contributed by atoms with van der Waals surface area (Å²) in [6.45, 7) is 5.47. The highest BCUT2D eigenvalue weighted by atomic mass is 35.5. The quantitative estimate of drug-likeness (QED) is 0.550. The fraction of sp³-hybridized carbons (Fsp3) is 0.364. The molecule has 0 atom stereocenters. The summed E-state index contributed by atoms with van der Waals surface area (Å²) in [4.78, 5) is 24.9. The second-order valence-corrected chi connectivity index (χ2v) is 8.58. The van der Waals surface area contributed by atoms with Crippen molar-refractivity contribution in [2.24, 2.45) is 0 Å². The summed E-state index contributed by atoms with van der Waals surface area (Å²) in [5.74, 6) is 1.92. The van der Waals surface area contributed by atoms with Gasteiger partial charge < -0.3 is 19.4 Å². The zero-order chi connectivity index (χ0) is 22.8. The highest BCUT2D eigenvalue weighted by molar-refractivity contribution is 6.33. The third kappa shape index (κ3) is 4.80. The largest absolute Gasteiger partial charge is 0.378 e. The summed E-state index contributed by atoms with van der Waals surface area (Å²) in [6.07, 6.45) is 1.74. The van der Waals surface area contributed by atoms with Crippen molar-refractivity contribution >= 4 is 40.9 Å². The first-order valence-corrected chi connectivity index (χ1v) is 11.5. The van der Waals surface area contributed by atoms with Gasteiger partial charge >= 0.3 is 0 Å². The smallest absolute Gasteiger partial charge is 0.230 e. The molecule has 1 aromatic carbocycles. The topological polar surface area (TPSA) is 70.5 Å². The van der Waals surface area contributed by atoms with Gasteiger partial charge in [0.1, 0.15) is 11.6 Å². The number of halogens is 3. The number of anilines is 3. The molecule has 5 rings (SSSR count). The second kappa shape index (κ2) is 9.62. The minimum Gasteiger partial charge on any atom is -0.378 e. The van der Waals surface area contributed by atoms with Gasteiger partial charge in [0.15, 0.2) is 5.82 Å². The Hall–Kier alpha value is -2.75. The van der Waals surface area contributed by atoms with Crippen LogP contribution in [0.25, 0.3) is 11.4 Å². The lowest BCUT2D eigenvalue weighted by Crippen LogP contribution is -2.47. The molecule has 0 unspecified atom stereocenters. The summed E-state index contributed by atoms with van der Waals surface area (Å²) in [5, 5.41) is 0.666. The lowest BCUT2D eigenvalue weighted by Gasteiger charge is -2.36. The van der Waals surface area contributed by atoms with E-state index in [1.165, 1.54) is 6.07 Å². The predicted octanol–water partition coefficient (Wildman–Crippen LogP) is 3.54. The van der Waals surface area contributed by atoms with Crippen molar-refractivity contribution in [3.8, 4) is 11.4 Å². The molecule has 0 saturated carbocycles. The fourth-order valence-electron chi connectivity index (χ4n) is 3.89. The van der Waals surface area contributed by atoms with Gasteiger partial charge in [0, 0.05) is 51.0 Å². The van der Waals surface area contributed by atoms with Gasteiger partial charge in [0.25, 0.3) is 0 Å². The van der Waals surface area contributed by atoms with E-state index in [0.29, 0.717) is 67.7 Å². The van der Waals surface area contributed by atoms with Crippen LogP contribution in [0.1, 0.15) is 0 Å². The molecule has 11 heteroatoms. The normalized spacial score (nSPS) is 16.9. The van der Waals surface area contributed by atoms with Gasteiger partial charge in [0.05, 0.1) is 23.3 Å². The molecule has 2 fully saturated rings. The Morgan fingerprint density at radius 3 is 2.12 bits per heavy atom. The van der Waals surface area contributed by atoms with E-state index in [1.807, 2.05) is 12.1 Å². The average molecular weight is 490 g/mol. The van der Waals surface area contributed by atoms with Crippen molar-refractivity contribution in [2.75, 3.05) is 67.2 Å². The lowest BCUT2D eigenvalue weighted by atomic mass is 10.2. The monoisotopic (exact) mass is 489 g/mol. The maximum Gasteiger partial charge on any atom is 0.230 e. The van der Waals surface area contributed by atoms with E-state index in [2.05, 4.69) is 24.7 Å². The number of rotatable bonds is 4. The first kappa shape index (κ1) is 22.1. The molecule has 2 aromatic heterocycles. The Morgan fingerprint density at radius 2 is 1.45 bits per heavy atom. The molecule has 3 aromatic rings. The second-order valence-electron chi connectivity index (χ2n) is 7.77. The molecule has 172 valence electrons. The summed E-state index contributed by atoms with van der Waals surface area (Å²) >= 11 is 12.3. The maximum absolute atomic E-state index is 13.7. The number of ether oxygens (including phenoxy) is 1. The van der Waals surface area contributed by atoms with Crippen LogP contribution in [0.2, 0.25) is 10.0 Å². The van der Waals surface area contributed by atoms with Gasteiger partial charge in [-0.25, -0.2) is 9.37 Å². The number of hydrogen-bond acceptors (Lipinski definition) is 8. The average Bonchev–Trinajstić information content (AvgIpc) is 2.86. The van der Waals surface area contributed by atoms with Crippen LogP contribution in [0, 0.1) is 5.82 Å². The lowest BCUT2D eigenvalue weighted by molar-refractivity contribution is 0.122. The summed E-state index contributed by atoms with van der Waals surface area (Å²) in [5.41, 5.74) is 0.637. The van der Waals surface area contributed by atoms with E-state index in [-0.39, 0.29) is 5.02 Å². The van der Waals surface area contributed by atoms with Crippen molar-refractivity contribution in [3.05, 3.63) is 52.4 Å². The van der Waals surface area contributed by atoms with Crippen LogP contribution in [0.4, 0.5) is 22.1 Å². The van der Waals surface area contributed by atoms with Crippen LogP contribution >= 0.6 is 23.2 Å². The zero-order valence-corrected chi connectivity index (χ0v) is 19.3. The van der Waals surface area contributed by atoms with Crippen molar-refractivity contribution in [1.82, 2.24) is 19.9 Å². The summed E-state index contributed by atoms with van der Waals surface area (Å²) in [7, 11) is 0. The molecule has 4 heterocycles. The molecule has 33 heavy (non-hydrogen) atoms. The zero-order valence-electron chi connectivity index (χ0n) is 17.8. The number of aromatic nitrogens is 4. The molecule has 0 N–H and O–H groups in total. The molecule has 0 spiro atoms. The number of pyridine rings is 1. The highest BCUT2D eigenvalue weighted by Gasteiger charge is 2.24. The van der Waals surface area contributed by atoms with Gasteiger partial charge in [-0.3, -0.25) is 0 Å². The molecule has 0 amide bonds. The molecule has 2 saturated heterocycles. The molecule has 2 aliphatic rings. The van der Waals surface area contributed by atoms with Crippen LogP contribution < -0.4 is 14.7 Å². The van der Waals surface area contributed by atoms with Crippen molar-refractivity contribution in [2.45, 2.75) is 0 Å². The molecule has 2 aliphatic heterocycles. The van der Waals surface area contributed by atoms with Gasteiger partial charge in [-0.1, -0.05) is 23.2 Å². The number of morpholine rings is 1. The van der Waals surface area contributed by atoms with Gasteiger partial charge in [-0.05, 0) is 30.3 Å². The summed E-state index contributed by atoms with van der Waals surface area (Å²) in [6, 6.07) is 8.16. The van der Waals surface area contributed by atoms with Crippen molar-refractivity contribution in [3.63, 3.8) is 0 Å². The van der Waals surface area contributed by atoms with E-state index < -0.39 is 5.82 Å². The molecular weight excluding hydrogens is 468 g/mol. The van der Waals surface area contributed by atoms with Crippen LogP contribution in [0.5, 0.6) is 0 Å². The van der Waals surface area contributed by atoms with E-state index in [1.54, 1.807) is 18.3 Å². The molecule has 0 bridgehead atoms. The van der Waals surface area contributed by atoms with E-state index in [9.17, 15) is 4.39 Å². The minimum atomic E-state index is -0.479. The van der Waals surface area contributed by atoms with Gasteiger partial charge in [-0.15, -0.1) is 0 Å². The molecule has 0 aliphatic carbocycles. The molecule has 8 nitrogen and oxygen atoms in total. The Balaban J connectivity index is 1.44. The van der Waals surface area contributed by atoms with Crippen molar-refractivity contribution in [1.29, 1.82) is 0 Å². The molecule has 0 radical (unpaired) electrons. The Bertz CT molecular complexity index is 1140. The highest BCUT2D eigenvalue weighted by Crippen LogP contribution is 2.28. The van der Waals surface area contributed by atoms with Crippen LogP contribution in [-0.4, -0.2) is 72.4 Å². The Labute approximate surface area is 200 Å². The minimum absolute atomic E-state index is 0.0308. The third-order valence-corrected chi connectivity index (χ3v) is 6.27. The van der Waals surface area contributed by atoms with Crippen molar-refractivity contribution < 1.29 is 9.13 Å². The first-order chi connectivity index (χ1) is 16.1. The SMILES string of the molecule is Fc1ccc(-c2nc(N3CCOCC3)nc(N3CCN(c4ncccc4Cl)CC3)n2)cc1Cl. The third-order valence-electron chi connectivity index (χ3n) is 5.68. The molecular formula is C22H22Cl2FN7O. The first-order valence-electron chi connectivity index (χ1n) is 10.7. The van der Waals surface area contributed by atoms with E-state index >= 15 is 0 Å². The Morgan fingerprint density at radius 1 is 0.788 bits per heavy atom. The van der Waals surface area contributed by atoms with Crippen LogP contribution in [-0.2, 0) is 4.74 Å². The fourth-order valence-corrected chi connectivity index (χ4v) is 4.31. The van der Waals surface area contributed by atoms with Crippen LogP contribution in [0.3, 0.4) is 0 Å². The summed E-state index contributed by atoms with van der Waals surface area (Å²) < 4.78 is 19.2. The number of hydrogen-bond donors (Lipinski definition) is 0. The van der Waals surface area contributed by atoms with Gasteiger partial charge in [0.2, 0.25) is 11.9 Å². The Kier molecular flexibility index (Phi) is 6.43. The maximum atomic E-state index is 13.7. The van der Waals surface area contributed by atoms with Gasteiger partial charge in [-0.2, -0.15) is 15.0 Å². The standard InChI is InChI=1S/C22H22Cl2FN7O/c23-16-2-1-5-26-20(16)30-6-8-31(9-7-30)21-27-19(15-3-4-18(25)17(24)14-15)28-22(29-21)32-10-12-33-13-11-32/h1-5,14H,6-13H2. The number of nitrogens with zero attached hydrogens (tertiary/aromatic N) is 7. The van der Waals surface area contributed by atoms with E-state index in [4.69, 9.17) is 37.9 Å². The predicted molar refractivity (Wildman–Crippen MR) is 127 cm³/mol. The number of benzene rings is 1. The number of piperazine rings is 1. The van der Waals surface area contributed by atoms with Crippen LogP contribution in [0.15, 0.2) is 36.5 Å². The van der Waals surface area contributed by atoms with E-state index in [0.717, 1.165) is 18.9 Å².